The van der Waals surface area contributed by atoms with Crippen LogP contribution in [0.5, 0.6) is 0 Å². The Morgan fingerprint density at radius 3 is 2.54 bits per heavy atom. The number of hydrogen-bond donors (Lipinski definition) is 1. The van der Waals surface area contributed by atoms with Crippen LogP contribution in [0.4, 0.5) is 13.2 Å². The van der Waals surface area contributed by atoms with E-state index in [2.05, 4.69) is 15.4 Å². The molecule has 1 amide bonds. The highest BCUT2D eigenvalue weighted by atomic mass is 19.4. The maximum atomic E-state index is 13.0. The van der Waals surface area contributed by atoms with Crippen molar-refractivity contribution in [2.45, 2.75) is 33.0 Å². The molecule has 0 bridgehead atoms. The van der Waals surface area contributed by atoms with E-state index in [1.165, 1.54) is 16.9 Å². The van der Waals surface area contributed by atoms with Crippen LogP contribution in [-0.4, -0.2) is 20.7 Å². The second-order valence-corrected chi connectivity index (χ2v) is 6.53. The number of carbonyl (C=O) groups excluding carboxylic acids is 1. The standard InChI is InChI=1S/C20H19F3N4O/c1-12-7-8-15(10-24-12)19(28)26-13(2)18-11-25-27(14(18)3)17-6-4-5-16(9-17)20(21,22)23/h4-11,13H,1-3H3,(H,26,28)/t13-/m1/s1. The van der Waals surface area contributed by atoms with Crippen LogP contribution in [0.25, 0.3) is 5.69 Å². The Morgan fingerprint density at radius 1 is 1.14 bits per heavy atom. The quantitative estimate of drug-likeness (QED) is 0.721. The first-order valence-corrected chi connectivity index (χ1v) is 8.62. The van der Waals surface area contributed by atoms with Crippen molar-refractivity contribution in [3.05, 3.63) is 76.9 Å². The summed E-state index contributed by atoms with van der Waals surface area (Å²) in [6.45, 7) is 5.37. The van der Waals surface area contributed by atoms with Gasteiger partial charge in [-0.05, 0) is 51.1 Å². The highest BCUT2D eigenvalue weighted by molar-refractivity contribution is 5.94. The van der Waals surface area contributed by atoms with E-state index in [-0.39, 0.29) is 11.9 Å². The fourth-order valence-corrected chi connectivity index (χ4v) is 2.88. The van der Waals surface area contributed by atoms with E-state index in [1.807, 2.05) is 6.92 Å². The van der Waals surface area contributed by atoms with Gasteiger partial charge in [-0.15, -0.1) is 0 Å². The minimum atomic E-state index is -4.43. The van der Waals surface area contributed by atoms with Crippen molar-refractivity contribution in [3.8, 4) is 5.69 Å². The maximum absolute atomic E-state index is 13.0. The first-order valence-electron chi connectivity index (χ1n) is 8.62. The van der Waals surface area contributed by atoms with E-state index in [0.29, 0.717) is 22.5 Å². The molecule has 2 heterocycles. The number of aryl methyl sites for hydroxylation is 1. The van der Waals surface area contributed by atoms with Crippen LogP contribution in [0.2, 0.25) is 0 Å². The molecule has 2 aromatic heterocycles. The number of benzene rings is 1. The average molecular weight is 388 g/mol. The zero-order valence-corrected chi connectivity index (χ0v) is 15.6. The largest absolute Gasteiger partial charge is 0.416 e. The molecule has 3 rings (SSSR count). The third-order valence-corrected chi connectivity index (χ3v) is 4.45. The molecule has 0 aliphatic carbocycles. The Bertz CT molecular complexity index is 993. The number of amides is 1. The van der Waals surface area contributed by atoms with Gasteiger partial charge in [0, 0.05) is 23.1 Å². The normalized spacial score (nSPS) is 12.6. The number of halogens is 3. The molecular formula is C20H19F3N4O. The molecule has 3 aromatic rings. The molecule has 1 aromatic carbocycles. The first kappa shape index (κ1) is 19.6. The number of carbonyl (C=O) groups is 1. The summed E-state index contributed by atoms with van der Waals surface area (Å²) < 4.78 is 40.3. The Hall–Kier alpha value is -3.16. The number of hydrogen-bond acceptors (Lipinski definition) is 3. The van der Waals surface area contributed by atoms with Crippen molar-refractivity contribution in [2.75, 3.05) is 0 Å². The highest BCUT2D eigenvalue weighted by Crippen LogP contribution is 2.31. The Labute approximate surface area is 160 Å². The van der Waals surface area contributed by atoms with Crippen molar-refractivity contribution in [3.63, 3.8) is 0 Å². The molecule has 0 saturated carbocycles. The summed E-state index contributed by atoms with van der Waals surface area (Å²) in [7, 11) is 0. The van der Waals surface area contributed by atoms with E-state index in [4.69, 9.17) is 0 Å². The van der Waals surface area contributed by atoms with Crippen LogP contribution >= 0.6 is 0 Å². The second-order valence-electron chi connectivity index (χ2n) is 6.53. The van der Waals surface area contributed by atoms with Crippen LogP contribution < -0.4 is 5.32 Å². The van der Waals surface area contributed by atoms with Crippen molar-refractivity contribution in [2.24, 2.45) is 0 Å². The molecule has 0 spiro atoms. The van der Waals surface area contributed by atoms with Crippen LogP contribution in [0, 0.1) is 13.8 Å². The zero-order chi connectivity index (χ0) is 20.5. The lowest BCUT2D eigenvalue weighted by atomic mass is 10.1. The summed E-state index contributed by atoms with van der Waals surface area (Å²) in [5.74, 6) is -0.286. The number of aromatic nitrogens is 3. The molecule has 1 N–H and O–H groups in total. The summed E-state index contributed by atoms with van der Waals surface area (Å²) in [5.41, 5.74) is 2.16. The number of nitrogens with one attached hydrogen (secondary N) is 1. The summed E-state index contributed by atoms with van der Waals surface area (Å²) in [5, 5.41) is 7.07. The van der Waals surface area contributed by atoms with Gasteiger partial charge in [-0.2, -0.15) is 18.3 Å². The van der Waals surface area contributed by atoms with Crippen LogP contribution in [0.3, 0.4) is 0 Å². The van der Waals surface area contributed by atoms with Gasteiger partial charge in [0.25, 0.3) is 5.91 Å². The lowest BCUT2D eigenvalue weighted by Crippen LogP contribution is -2.27. The lowest BCUT2D eigenvalue weighted by Gasteiger charge is -2.15. The fraction of sp³-hybridized carbons (Fsp3) is 0.250. The average Bonchev–Trinajstić information content (AvgIpc) is 3.03. The summed E-state index contributed by atoms with van der Waals surface area (Å²) in [4.78, 5) is 16.5. The molecule has 0 unspecified atom stereocenters. The van der Waals surface area contributed by atoms with E-state index >= 15 is 0 Å². The van der Waals surface area contributed by atoms with Gasteiger partial charge in [-0.3, -0.25) is 9.78 Å². The van der Waals surface area contributed by atoms with Crippen molar-refractivity contribution < 1.29 is 18.0 Å². The number of alkyl halides is 3. The molecular weight excluding hydrogens is 369 g/mol. The molecule has 146 valence electrons. The molecule has 5 nitrogen and oxygen atoms in total. The van der Waals surface area contributed by atoms with Gasteiger partial charge in [0.15, 0.2) is 0 Å². The monoisotopic (exact) mass is 388 g/mol. The first-order chi connectivity index (χ1) is 13.2. The van der Waals surface area contributed by atoms with Crippen LogP contribution in [-0.2, 0) is 6.18 Å². The van der Waals surface area contributed by atoms with Crippen molar-refractivity contribution in [1.82, 2.24) is 20.1 Å². The third-order valence-electron chi connectivity index (χ3n) is 4.45. The van der Waals surface area contributed by atoms with Crippen LogP contribution in [0.15, 0.2) is 48.8 Å². The molecule has 8 heteroatoms. The molecule has 0 saturated heterocycles. The Balaban J connectivity index is 1.82. The Morgan fingerprint density at radius 2 is 1.89 bits per heavy atom. The minimum Gasteiger partial charge on any atom is -0.345 e. The maximum Gasteiger partial charge on any atom is 0.416 e. The number of nitrogens with zero attached hydrogens (tertiary/aromatic N) is 3. The molecule has 1 atom stereocenters. The lowest BCUT2D eigenvalue weighted by molar-refractivity contribution is -0.137. The van der Waals surface area contributed by atoms with Crippen molar-refractivity contribution in [1.29, 1.82) is 0 Å². The van der Waals surface area contributed by atoms with Gasteiger partial charge in [-0.1, -0.05) is 6.07 Å². The predicted molar refractivity (Wildman–Crippen MR) is 98.2 cm³/mol. The van der Waals surface area contributed by atoms with Gasteiger partial charge in [0.05, 0.1) is 29.1 Å². The second kappa shape index (κ2) is 7.46. The van der Waals surface area contributed by atoms with Gasteiger partial charge in [0.1, 0.15) is 0 Å². The summed E-state index contributed by atoms with van der Waals surface area (Å²) >= 11 is 0. The van der Waals surface area contributed by atoms with Gasteiger partial charge < -0.3 is 5.32 Å². The molecule has 0 radical (unpaired) electrons. The predicted octanol–water partition coefficient (Wildman–Crippen LogP) is 4.39. The number of rotatable bonds is 4. The van der Waals surface area contributed by atoms with E-state index in [1.54, 1.807) is 38.2 Å². The highest BCUT2D eigenvalue weighted by Gasteiger charge is 2.30. The smallest absolute Gasteiger partial charge is 0.345 e. The zero-order valence-electron chi connectivity index (χ0n) is 15.6. The summed E-state index contributed by atoms with van der Waals surface area (Å²) in [6.07, 6.45) is -1.38. The SMILES string of the molecule is Cc1ccc(C(=O)N[C@H](C)c2cnn(-c3cccc(C(F)(F)F)c3)c2C)cn1. The van der Waals surface area contributed by atoms with Gasteiger partial charge >= 0.3 is 6.18 Å². The molecule has 0 fully saturated rings. The van der Waals surface area contributed by atoms with E-state index in [9.17, 15) is 18.0 Å². The van der Waals surface area contributed by atoms with E-state index in [0.717, 1.165) is 17.8 Å². The molecule has 0 aliphatic heterocycles. The Kier molecular flexibility index (Phi) is 5.22. The number of pyridine rings is 1. The summed E-state index contributed by atoms with van der Waals surface area (Å²) in [6, 6.07) is 8.01. The topological polar surface area (TPSA) is 59.8 Å². The minimum absolute atomic E-state index is 0.286. The van der Waals surface area contributed by atoms with Gasteiger partial charge in [-0.25, -0.2) is 4.68 Å². The van der Waals surface area contributed by atoms with Crippen molar-refractivity contribution >= 4 is 5.91 Å². The molecule has 28 heavy (non-hydrogen) atoms. The fourth-order valence-electron chi connectivity index (χ4n) is 2.88. The van der Waals surface area contributed by atoms with Gasteiger partial charge in [0.2, 0.25) is 0 Å². The van der Waals surface area contributed by atoms with Crippen LogP contribution in [0.1, 0.15) is 45.8 Å². The molecule has 0 aliphatic rings. The third kappa shape index (κ3) is 4.05. The van der Waals surface area contributed by atoms with E-state index < -0.39 is 11.7 Å².